The molecule has 0 spiro atoms. The van der Waals surface area contributed by atoms with Gasteiger partial charge in [-0.1, -0.05) is 19.1 Å². The van der Waals surface area contributed by atoms with E-state index in [9.17, 15) is 9.90 Å². The molecule has 0 saturated heterocycles. The molecule has 0 heterocycles. The van der Waals surface area contributed by atoms with Crippen LogP contribution in [0.1, 0.15) is 53.0 Å². The fourth-order valence-electron chi connectivity index (χ4n) is 2.08. The average Bonchev–Trinajstić information content (AvgIpc) is 2.45. The lowest BCUT2D eigenvalue weighted by Crippen LogP contribution is -2.27. The zero-order valence-corrected chi connectivity index (χ0v) is 14.7. The highest BCUT2D eigenvalue weighted by atomic mass is 16.6. The molecule has 23 heavy (non-hydrogen) atoms. The van der Waals surface area contributed by atoms with Crippen LogP contribution in [0.15, 0.2) is 18.2 Å². The Morgan fingerprint density at radius 3 is 2.52 bits per heavy atom. The molecule has 5 heteroatoms. The summed E-state index contributed by atoms with van der Waals surface area (Å²) in [7, 11) is 0. The molecular formula is C18H28O5. The molecule has 0 aliphatic carbocycles. The monoisotopic (exact) mass is 324 g/mol. The lowest BCUT2D eigenvalue weighted by molar-refractivity contribution is -0.167. The fourth-order valence-corrected chi connectivity index (χ4v) is 2.08. The fraction of sp³-hybridized carbons (Fsp3) is 0.611. The minimum atomic E-state index is -0.875. The van der Waals surface area contributed by atoms with Crippen LogP contribution in [-0.4, -0.2) is 29.6 Å². The third-order valence-electron chi connectivity index (χ3n) is 3.02. The Morgan fingerprint density at radius 2 is 1.96 bits per heavy atom. The lowest BCUT2D eigenvalue weighted by atomic mass is 10.1. The topological polar surface area (TPSA) is 65.0 Å². The predicted octanol–water partition coefficient (Wildman–Crippen LogP) is 3.47. The number of aliphatic hydroxyl groups is 1. The standard InChI is InChI=1S/C18H28O5/c1-6-15(19)22-17-13(9-8-10-14(17)21-7-2)11-12-16(20)23-18(3,4)5/h8-10,16,20H,6-7,11-12H2,1-5H3. The van der Waals surface area contributed by atoms with Crippen LogP contribution in [0.3, 0.4) is 0 Å². The largest absolute Gasteiger partial charge is 0.490 e. The van der Waals surface area contributed by atoms with Gasteiger partial charge in [0.15, 0.2) is 17.8 Å². The molecule has 0 bridgehead atoms. The van der Waals surface area contributed by atoms with Gasteiger partial charge in [-0.3, -0.25) is 4.79 Å². The summed E-state index contributed by atoms with van der Waals surface area (Å²) in [4.78, 5) is 11.7. The summed E-state index contributed by atoms with van der Waals surface area (Å²) in [5.74, 6) is 0.659. The summed E-state index contributed by atoms with van der Waals surface area (Å²) in [6.07, 6.45) is 0.337. The van der Waals surface area contributed by atoms with Gasteiger partial charge >= 0.3 is 5.97 Å². The number of carbonyl (C=O) groups is 1. The number of benzene rings is 1. The van der Waals surface area contributed by atoms with Crippen molar-refractivity contribution >= 4 is 5.97 Å². The van der Waals surface area contributed by atoms with Crippen LogP contribution in [0.5, 0.6) is 11.5 Å². The van der Waals surface area contributed by atoms with Crippen molar-refractivity contribution in [3.05, 3.63) is 23.8 Å². The summed E-state index contributed by atoms with van der Waals surface area (Å²) < 4.78 is 16.5. The molecular weight excluding hydrogens is 296 g/mol. The van der Waals surface area contributed by atoms with Crippen LogP contribution in [0.2, 0.25) is 0 Å². The van der Waals surface area contributed by atoms with E-state index in [1.54, 1.807) is 13.0 Å². The molecule has 1 unspecified atom stereocenters. The molecule has 1 rings (SSSR count). The minimum absolute atomic E-state index is 0.287. The second-order valence-electron chi connectivity index (χ2n) is 6.23. The van der Waals surface area contributed by atoms with Crippen molar-refractivity contribution in [2.45, 2.75) is 65.8 Å². The van der Waals surface area contributed by atoms with Crippen molar-refractivity contribution in [1.82, 2.24) is 0 Å². The number of ether oxygens (including phenoxy) is 3. The third-order valence-corrected chi connectivity index (χ3v) is 3.02. The van der Waals surface area contributed by atoms with Crippen molar-refractivity contribution in [2.75, 3.05) is 6.61 Å². The normalized spacial score (nSPS) is 12.8. The highest BCUT2D eigenvalue weighted by molar-refractivity contribution is 5.73. The average molecular weight is 324 g/mol. The van der Waals surface area contributed by atoms with Gasteiger partial charge in [-0.15, -0.1) is 0 Å². The molecule has 1 atom stereocenters. The van der Waals surface area contributed by atoms with Gasteiger partial charge < -0.3 is 19.3 Å². The maximum absolute atomic E-state index is 11.7. The molecule has 1 aromatic carbocycles. The molecule has 0 radical (unpaired) electrons. The maximum atomic E-state index is 11.7. The van der Waals surface area contributed by atoms with Crippen molar-refractivity contribution in [2.24, 2.45) is 0 Å². The van der Waals surface area contributed by atoms with E-state index in [0.29, 0.717) is 30.9 Å². The molecule has 1 N–H and O–H groups in total. The van der Waals surface area contributed by atoms with E-state index < -0.39 is 11.9 Å². The quantitative estimate of drug-likeness (QED) is 0.451. The number of carbonyl (C=O) groups excluding carboxylic acids is 1. The van der Waals surface area contributed by atoms with Gasteiger partial charge in [0.1, 0.15) is 0 Å². The molecule has 5 nitrogen and oxygen atoms in total. The van der Waals surface area contributed by atoms with E-state index in [0.717, 1.165) is 5.56 Å². The summed E-state index contributed by atoms with van der Waals surface area (Å²) in [6.45, 7) is 9.77. The Balaban J connectivity index is 2.87. The summed E-state index contributed by atoms with van der Waals surface area (Å²) in [6, 6.07) is 5.48. The summed E-state index contributed by atoms with van der Waals surface area (Å²) >= 11 is 0. The van der Waals surface area contributed by atoms with Gasteiger partial charge in [-0.05, 0) is 45.7 Å². The van der Waals surface area contributed by atoms with E-state index in [-0.39, 0.29) is 12.4 Å². The van der Waals surface area contributed by atoms with E-state index in [4.69, 9.17) is 14.2 Å². The van der Waals surface area contributed by atoms with E-state index in [2.05, 4.69) is 0 Å². The Bertz CT molecular complexity index is 505. The number of hydrogen-bond donors (Lipinski definition) is 1. The van der Waals surface area contributed by atoms with Gasteiger partial charge in [0.25, 0.3) is 0 Å². The molecule has 0 saturated carbocycles. The number of aryl methyl sites for hydroxylation is 1. The molecule has 0 amide bonds. The van der Waals surface area contributed by atoms with Gasteiger partial charge in [-0.25, -0.2) is 0 Å². The molecule has 0 aliphatic rings. The first-order chi connectivity index (χ1) is 10.8. The first-order valence-corrected chi connectivity index (χ1v) is 8.08. The van der Waals surface area contributed by atoms with Crippen molar-refractivity contribution in [3.63, 3.8) is 0 Å². The number of aliphatic hydroxyl groups excluding tert-OH is 1. The molecule has 130 valence electrons. The van der Waals surface area contributed by atoms with Crippen LogP contribution in [0.25, 0.3) is 0 Å². The Kier molecular flexibility index (Phi) is 7.52. The summed E-state index contributed by atoms with van der Waals surface area (Å²) in [5, 5.41) is 9.98. The van der Waals surface area contributed by atoms with E-state index >= 15 is 0 Å². The van der Waals surface area contributed by atoms with Crippen LogP contribution < -0.4 is 9.47 Å². The predicted molar refractivity (Wildman–Crippen MR) is 88.7 cm³/mol. The number of esters is 1. The molecule has 0 fully saturated rings. The molecule has 0 aromatic heterocycles. The van der Waals surface area contributed by atoms with Crippen LogP contribution in [-0.2, 0) is 16.0 Å². The summed E-state index contributed by atoms with van der Waals surface area (Å²) in [5.41, 5.74) is 0.402. The SMILES string of the molecule is CCOc1cccc(CCC(O)OC(C)(C)C)c1OC(=O)CC. The second kappa shape index (κ2) is 8.89. The minimum Gasteiger partial charge on any atom is -0.490 e. The smallest absolute Gasteiger partial charge is 0.311 e. The Hall–Kier alpha value is -1.59. The first-order valence-electron chi connectivity index (χ1n) is 8.08. The zero-order valence-electron chi connectivity index (χ0n) is 14.7. The first kappa shape index (κ1) is 19.5. The van der Waals surface area contributed by atoms with Crippen LogP contribution in [0.4, 0.5) is 0 Å². The molecule has 0 aliphatic heterocycles. The third kappa shape index (κ3) is 7.01. The van der Waals surface area contributed by atoms with Gasteiger partial charge in [0, 0.05) is 12.8 Å². The van der Waals surface area contributed by atoms with Gasteiger partial charge in [-0.2, -0.15) is 0 Å². The van der Waals surface area contributed by atoms with E-state index in [1.807, 2.05) is 39.8 Å². The lowest BCUT2D eigenvalue weighted by Gasteiger charge is -2.24. The highest BCUT2D eigenvalue weighted by Gasteiger charge is 2.19. The van der Waals surface area contributed by atoms with E-state index in [1.165, 1.54) is 0 Å². The van der Waals surface area contributed by atoms with Crippen molar-refractivity contribution < 1.29 is 24.1 Å². The zero-order chi connectivity index (χ0) is 17.5. The Labute approximate surface area is 138 Å². The maximum Gasteiger partial charge on any atom is 0.311 e. The van der Waals surface area contributed by atoms with Crippen molar-refractivity contribution in [1.29, 1.82) is 0 Å². The Morgan fingerprint density at radius 1 is 1.26 bits per heavy atom. The number of hydrogen-bond acceptors (Lipinski definition) is 5. The molecule has 1 aromatic rings. The van der Waals surface area contributed by atoms with Crippen molar-refractivity contribution in [3.8, 4) is 11.5 Å². The van der Waals surface area contributed by atoms with Gasteiger partial charge in [0.2, 0.25) is 0 Å². The number of para-hydroxylation sites is 1. The van der Waals surface area contributed by atoms with Gasteiger partial charge in [0.05, 0.1) is 12.2 Å². The van der Waals surface area contributed by atoms with Crippen LogP contribution in [0, 0.1) is 0 Å². The number of rotatable bonds is 8. The van der Waals surface area contributed by atoms with Crippen LogP contribution >= 0.6 is 0 Å². The highest BCUT2D eigenvalue weighted by Crippen LogP contribution is 2.33. The second-order valence-corrected chi connectivity index (χ2v) is 6.23.